The van der Waals surface area contributed by atoms with E-state index in [0.29, 0.717) is 5.88 Å². The topological polar surface area (TPSA) is 331 Å². The first-order valence-corrected chi connectivity index (χ1v) is 21.5. The molecule has 0 aromatic rings. The molecule has 1 aliphatic rings. The number of ketones is 1. The largest absolute Gasteiger partial charge is 1.00 e. The molecule has 62 heavy (non-hydrogen) atoms. The minimum Gasteiger partial charge on any atom is -0.870 e. The molecule has 0 saturated carbocycles. The Bertz CT molecular complexity index is 1230. The van der Waals surface area contributed by atoms with E-state index in [1.165, 1.54) is 0 Å². The van der Waals surface area contributed by atoms with Gasteiger partial charge in [0.25, 0.3) is 0 Å². The molecule has 0 bridgehead atoms. The van der Waals surface area contributed by atoms with Crippen LogP contribution in [0.4, 0.5) is 0 Å². The van der Waals surface area contributed by atoms with Crippen LogP contribution >= 0.6 is 81.2 Å². The summed E-state index contributed by atoms with van der Waals surface area (Å²) in [5.41, 5.74) is 15.6. The van der Waals surface area contributed by atoms with Crippen LogP contribution in [-0.4, -0.2) is 99.9 Å². The van der Waals surface area contributed by atoms with Crippen LogP contribution in [0.15, 0.2) is 0 Å². The van der Waals surface area contributed by atoms with Crippen LogP contribution in [0.1, 0.15) is 96.9 Å². The molecular weight excluding hydrogens is 974 g/mol. The van der Waals surface area contributed by atoms with Gasteiger partial charge >= 0.3 is 29.6 Å². The van der Waals surface area contributed by atoms with Crippen LogP contribution in [0.25, 0.3) is 0 Å². The number of nitrogens with two attached hydrogens (primary N) is 3. The Kier molecular flexibility index (Phi) is 46.4. The van der Waals surface area contributed by atoms with Gasteiger partial charge in [-0.1, -0.05) is 27.7 Å². The Hall–Kier alpha value is -0.520. The fraction of sp³-hybridized carbons (Fsp3) is 0.806. The van der Waals surface area contributed by atoms with E-state index in [2.05, 4.69) is 44.2 Å². The average Bonchev–Trinajstić information content (AvgIpc) is 3.50. The summed E-state index contributed by atoms with van der Waals surface area (Å²) in [5, 5.41) is -0.382. The summed E-state index contributed by atoms with van der Waals surface area (Å²) in [5.74, 6) is 8.07. The van der Waals surface area contributed by atoms with Gasteiger partial charge in [-0.2, -0.15) is 0 Å². The summed E-state index contributed by atoms with van der Waals surface area (Å²) in [6.45, 7) is 25.1. The van der Waals surface area contributed by atoms with Crippen LogP contribution in [0.3, 0.4) is 0 Å². The number of hydrogen-bond donors (Lipinski definition) is 9. The molecule has 0 aliphatic carbocycles. The molecule has 1 saturated heterocycles. The number of carbonyl (C=O) groups excluding carboxylic acids is 7. The summed E-state index contributed by atoms with van der Waals surface area (Å²) >= 11 is 38.5. The molecule has 1 aliphatic heterocycles. The van der Waals surface area contributed by atoms with Crippen LogP contribution in [0.5, 0.6) is 0 Å². The standard InChI is InChI=1S/2C10H18Cl2N2O2.C6H12ClNO.C5H8Cl2O.C5H10N2O.H4N2.Na.2H2O/c2*1-9(2,5-11)7(15)13-14-8(16)10(3,4)6-12;1-6(2,4-7)5(9)3-8;1-5(2,3-6)4(7)8;1-5(2)3-6-7-4(5)8;1-2;;;/h2*5-6H2,1-4H3,(H,13,15)(H,14,16);3-4,8H2,1-2H3;3H2,1-2H3;6H,3H2,1-2H3,(H,7,8);1-2H2;;2*1H2/q;;;;;;+1;;/p-1. The monoisotopic (exact) mass is 1040 g/mol. The molecule has 15 N–H and O–H groups in total. The number of carbonyl (C=O) groups is 7. The maximum Gasteiger partial charge on any atom is 1.00 e. The van der Waals surface area contributed by atoms with Crippen LogP contribution in [-0.2, 0) is 33.6 Å². The zero-order chi connectivity index (χ0) is 48.4. The minimum atomic E-state index is -0.722. The Labute approximate surface area is 425 Å². The van der Waals surface area contributed by atoms with E-state index < -0.39 is 32.5 Å². The molecule has 366 valence electrons. The van der Waals surface area contributed by atoms with Crippen molar-refractivity contribution in [3.63, 3.8) is 0 Å². The quantitative estimate of drug-likeness (QED) is 0.0403. The number of amides is 5. The van der Waals surface area contributed by atoms with E-state index in [-0.39, 0.29) is 122 Å². The first-order valence-electron chi connectivity index (χ1n) is 17.9. The fourth-order valence-electron chi connectivity index (χ4n) is 2.14. The van der Waals surface area contributed by atoms with Gasteiger partial charge in [-0.15, -0.1) is 69.6 Å². The van der Waals surface area contributed by atoms with Gasteiger partial charge in [-0.25, -0.2) is 5.43 Å². The molecule has 0 unspecified atom stereocenters. The van der Waals surface area contributed by atoms with Crippen LogP contribution < -0.4 is 79.5 Å². The van der Waals surface area contributed by atoms with Crippen molar-refractivity contribution >= 4 is 122 Å². The molecule has 0 aromatic heterocycles. The minimum absolute atomic E-state index is 0. The normalized spacial score (nSPS) is 12.8. The number of Topliss-reactive ketones (excluding diaryl/α,β-unsaturated/α-hetero) is 1. The fourth-order valence-corrected chi connectivity index (χ4v) is 3.04. The van der Waals surface area contributed by atoms with Gasteiger partial charge in [0, 0.05) is 47.2 Å². The van der Waals surface area contributed by atoms with Gasteiger partial charge in [0.1, 0.15) is 0 Å². The van der Waals surface area contributed by atoms with Crippen LogP contribution in [0, 0.1) is 37.9 Å². The third-order valence-corrected chi connectivity index (χ3v) is 12.4. The average molecular weight is 1050 g/mol. The molecule has 1 rings (SSSR count). The molecule has 1 heterocycles. The predicted molar refractivity (Wildman–Crippen MR) is 248 cm³/mol. The van der Waals surface area contributed by atoms with Crippen molar-refractivity contribution in [1.29, 1.82) is 0 Å². The van der Waals surface area contributed by atoms with E-state index in [0.717, 1.165) is 6.54 Å². The number of rotatable bonds is 13. The van der Waals surface area contributed by atoms with Crippen molar-refractivity contribution in [3.05, 3.63) is 0 Å². The molecule has 1 fully saturated rings. The smallest absolute Gasteiger partial charge is 0.870 e. The number of halogens is 7. The molecular formula is C36H73Cl7N9NaO9. The molecule has 5 amide bonds. The number of nitrogens with one attached hydrogen (secondary N) is 6. The van der Waals surface area contributed by atoms with Crippen LogP contribution in [0.2, 0.25) is 0 Å². The van der Waals surface area contributed by atoms with Crippen molar-refractivity contribution < 1.29 is 74.1 Å². The summed E-state index contributed by atoms with van der Waals surface area (Å²) in [6.07, 6.45) is 0. The number of hydrogen-bond acceptors (Lipinski definition) is 12. The first-order chi connectivity index (χ1) is 26.5. The molecule has 18 nitrogen and oxygen atoms in total. The van der Waals surface area contributed by atoms with Gasteiger partial charge in [-0.3, -0.25) is 72.4 Å². The summed E-state index contributed by atoms with van der Waals surface area (Å²) in [6, 6.07) is 0. The SMILES string of the molecule is CC(C)(CCl)C(=O)CN.CC(C)(CCl)C(=O)Cl.CC(C)(CCl)C(=O)NNC(=O)C(C)(C)CCl.CC(C)(CCl)C(=O)NNC(=O)C(C)(C)CCl.CC1(C)CNNC1=O.NN.O.[Na+].[OH-]. The molecule has 0 radical (unpaired) electrons. The van der Waals surface area contributed by atoms with Crippen molar-refractivity contribution in [2.75, 3.05) is 48.4 Å². The zero-order valence-electron chi connectivity index (χ0n) is 38.8. The van der Waals surface area contributed by atoms with E-state index in [1.807, 2.05) is 13.8 Å². The third-order valence-electron chi connectivity index (χ3n) is 7.86. The Balaban J connectivity index is -0.0000000988. The second-order valence-electron chi connectivity index (χ2n) is 17.5. The summed E-state index contributed by atoms with van der Waals surface area (Å²) in [4.78, 5) is 78.2. The van der Waals surface area contributed by atoms with E-state index in [1.54, 1.807) is 83.1 Å². The van der Waals surface area contributed by atoms with Gasteiger partial charge in [0.15, 0.2) is 5.78 Å². The predicted octanol–water partition coefficient (Wildman–Crippen LogP) is 0.592. The molecule has 0 aromatic carbocycles. The number of alkyl halides is 6. The van der Waals surface area contributed by atoms with Gasteiger partial charge < -0.3 is 16.7 Å². The summed E-state index contributed by atoms with van der Waals surface area (Å²) < 4.78 is 0. The van der Waals surface area contributed by atoms with Crippen molar-refractivity contribution in [3.8, 4) is 0 Å². The van der Waals surface area contributed by atoms with Gasteiger partial charge in [0.2, 0.25) is 34.8 Å². The van der Waals surface area contributed by atoms with Gasteiger partial charge in [0.05, 0.1) is 39.0 Å². The van der Waals surface area contributed by atoms with Gasteiger partial charge in [-0.05, 0) is 80.8 Å². The Morgan fingerprint density at radius 3 is 0.871 bits per heavy atom. The zero-order valence-corrected chi connectivity index (χ0v) is 46.1. The van der Waals surface area contributed by atoms with E-state index >= 15 is 0 Å². The maximum atomic E-state index is 11.6. The molecule has 26 heteroatoms. The van der Waals surface area contributed by atoms with E-state index in [9.17, 15) is 33.6 Å². The van der Waals surface area contributed by atoms with E-state index in [4.69, 9.17) is 86.9 Å². The second kappa shape index (κ2) is 36.6. The Morgan fingerprint density at radius 1 is 0.565 bits per heavy atom. The van der Waals surface area contributed by atoms with Crippen molar-refractivity contribution in [1.82, 2.24) is 32.6 Å². The van der Waals surface area contributed by atoms with Crippen molar-refractivity contribution in [2.24, 2.45) is 55.3 Å². The second-order valence-corrected chi connectivity index (χ2v) is 19.5. The molecule has 0 spiro atoms. The van der Waals surface area contributed by atoms with Crippen molar-refractivity contribution in [2.45, 2.75) is 96.9 Å². The maximum absolute atomic E-state index is 11.6. The number of hydrazine groups is 4. The summed E-state index contributed by atoms with van der Waals surface area (Å²) in [7, 11) is 0. The Morgan fingerprint density at radius 2 is 0.790 bits per heavy atom. The first kappa shape index (κ1) is 78.6. The molecule has 0 atom stereocenters. The third kappa shape index (κ3) is 33.0.